The second-order valence-electron chi connectivity index (χ2n) is 4.89. The zero-order valence-corrected chi connectivity index (χ0v) is 10.4. The van der Waals surface area contributed by atoms with Gasteiger partial charge in [-0.1, -0.05) is 26.7 Å². The van der Waals surface area contributed by atoms with E-state index in [1.165, 1.54) is 0 Å². The Labute approximate surface area is 97.8 Å². The number of hydrogen-bond donors (Lipinski definition) is 2. The molecule has 0 bridgehead atoms. The van der Waals surface area contributed by atoms with Crippen molar-refractivity contribution in [3.63, 3.8) is 0 Å². The average molecular weight is 228 g/mol. The van der Waals surface area contributed by atoms with Crippen molar-refractivity contribution >= 4 is 5.91 Å². The number of nitrogens with two attached hydrogens (primary N) is 1. The van der Waals surface area contributed by atoms with Crippen LogP contribution in [-0.2, 0) is 4.79 Å². The lowest BCUT2D eigenvalue weighted by Gasteiger charge is -2.47. The molecule has 0 aromatic rings. The second-order valence-corrected chi connectivity index (χ2v) is 4.89. The van der Waals surface area contributed by atoms with Gasteiger partial charge in [0.1, 0.15) is 0 Å². The molecule has 1 amide bonds. The molecule has 1 fully saturated rings. The molecule has 1 unspecified atom stereocenters. The standard InChI is InChI=1S/C12H24N2O2/c1-3-5-10(7-13)11(15)14-8-12(16,9-14)6-4-2/h10,16H,3-9,13H2,1-2H3. The van der Waals surface area contributed by atoms with Crippen LogP contribution in [0.3, 0.4) is 0 Å². The van der Waals surface area contributed by atoms with Crippen molar-refractivity contribution in [2.45, 2.75) is 45.1 Å². The summed E-state index contributed by atoms with van der Waals surface area (Å²) in [6.45, 7) is 5.48. The normalized spacial score (nSPS) is 20.4. The van der Waals surface area contributed by atoms with E-state index in [4.69, 9.17) is 5.73 Å². The third-order valence-electron chi connectivity index (χ3n) is 3.27. The zero-order chi connectivity index (χ0) is 12.2. The van der Waals surface area contributed by atoms with E-state index in [2.05, 4.69) is 6.92 Å². The van der Waals surface area contributed by atoms with E-state index in [1.807, 2.05) is 6.92 Å². The molecule has 1 atom stereocenters. The number of β-amino-alcohol motifs (C(OH)–C–C–N with tert-alkyl or cyclic N) is 1. The molecule has 4 nitrogen and oxygen atoms in total. The molecule has 0 aliphatic carbocycles. The highest BCUT2D eigenvalue weighted by Crippen LogP contribution is 2.27. The van der Waals surface area contributed by atoms with Gasteiger partial charge < -0.3 is 15.7 Å². The summed E-state index contributed by atoms with van der Waals surface area (Å²) in [6.07, 6.45) is 3.55. The van der Waals surface area contributed by atoms with Gasteiger partial charge in [-0.3, -0.25) is 4.79 Å². The van der Waals surface area contributed by atoms with Crippen molar-refractivity contribution in [2.75, 3.05) is 19.6 Å². The fourth-order valence-electron chi connectivity index (χ4n) is 2.39. The van der Waals surface area contributed by atoms with Gasteiger partial charge in [-0.25, -0.2) is 0 Å². The molecule has 0 spiro atoms. The van der Waals surface area contributed by atoms with E-state index in [-0.39, 0.29) is 11.8 Å². The van der Waals surface area contributed by atoms with Crippen molar-refractivity contribution in [3.8, 4) is 0 Å². The van der Waals surface area contributed by atoms with Crippen LogP contribution in [0.1, 0.15) is 39.5 Å². The van der Waals surface area contributed by atoms with Crippen molar-refractivity contribution in [1.29, 1.82) is 0 Å². The first kappa shape index (κ1) is 13.5. The number of likely N-dealkylation sites (tertiary alicyclic amines) is 1. The molecule has 1 rings (SSSR count). The van der Waals surface area contributed by atoms with Gasteiger partial charge in [0, 0.05) is 6.54 Å². The highest BCUT2D eigenvalue weighted by molar-refractivity contribution is 5.80. The summed E-state index contributed by atoms with van der Waals surface area (Å²) in [7, 11) is 0. The lowest BCUT2D eigenvalue weighted by molar-refractivity contribution is -0.160. The highest BCUT2D eigenvalue weighted by Gasteiger charge is 2.43. The van der Waals surface area contributed by atoms with Crippen LogP contribution in [0.2, 0.25) is 0 Å². The van der Waals surface area contributed by atoms with Crippen LogP contribution >= 0.6 is 0 Å². The minimum Gasteiger partial charge on any atom is -0.386 e. The molecular weight excluding hydrogens is 204 g/mol. The maximum Gasteiger partial charge on any atom is 0.227 e. The Bertz CT molecular complexity index is 237. The number of rotatable bonds is 6. The number of amides is 1. The molecule has 94 valence electrons. The van der Waals surface area contributed by atoms with Crippen LogP contribution in [0.25, 0.3) is 0 Å². The third kappa shape index (κ3) is 2.95. The summed E-state index contributed by atoms with van der Waals surface area (Å²) in [5, 5.41) is 9.99. The lowest BCUT2D eigenvalue weighted by atomic mass is 9.87. The van der Waals surface area contributed by atoms with E-state index in [0.717, 1.165) is 25.7 Å². The van der Waals surface area contributed by atoms with Crippen molar-refractivity contribution in [1.82, 2.24) is 4.90 Å². The monoisotopic (exact) mass is 228 g/mol. The molecule has 0 aromatic carbocycles. The number of hydrogen-bond acceptors (Lipinski definition) is 3. The van der Waals surface area contributed by atoms with E-state index >= 15 is 0 Å². The molecular formula is C12H24N2O2. The second kappa shape index (κ2) is 5.64. The molecule has 1 heterocycles. The molecule has 1 aliphatic rings. The smallest absolute Gasteiger partial charge is 0.227 e. The van der Waals surface area contributed by atoms with Gasteiger partial charge in [0.25, 0.3) is 0 Å². The molecule has 3 N–H and O–H groups in total. The Balaban J connectivity index is 2.41. The zero-order valence-electron chi connectivity index (χ0n) is 10.4. The molecule has 4 heteroatoms. The van der Waals surface area contributed by atoms with Crippen LogP contribution in [0, 0.1) is 5.92 Å². The summed E-state index contributed by atoms with van der Waals surface area (Å²) < 4.78 is 0. The molecule has 1 aliphatic heterocycles. The van der Waals surface area contributed by atoms with Crippen LogP contribution in [0.15, 0.2) is 0 Å². The Morgan fingerprint density at radius 1 is 1.44 bits per heavy atom. The van der Waals surface area contributed by atoms with E-state index in [0.29, 0.717) is 19.6 Å². The Hall–Kier alpha value is -0.610. The SMILES string of the molecule is CCCC(CN)C(=O)N1CC(O)(CCC)C1. The van der Waals surface area contributed by atoms with Crippen molar-refractivity contribution in [2.24, 2.45) is 11.7 Å². The third-order valence-corrected chi connectivity index (χ3v) is 3.27. The molecule has 0 radical (unpaired) electrons. The summed E-state index contributed by atoms with van der Waals surface area (Å²) in [5.74, 6) is 0.0568. The minimum atomic E-state index is -0.629. The van der Waals surface area contributed by atoms with Crippen LogP contribution < -0.4 is 5.73 Å². The first-order valence-corrected chi connectivity index (χ1v) is 6.27. The first-order chi connectivity index (χ1) is 7.56. The summed E-state index contributed by atoms with van der Waals surface area (Å²) in [4.78, 5) is 13.7. The summed E-state index contributed by atoms with van der Waals surface area (Å²) in [5.41, 5.74) is 4.96. The van der Waals surface area contributed by atoms with Gasteiger partial charge in [-0.05, 0) is 12.8 Å². The van der Waals surface area contributed by atoms with Gasteiger partial charge in [-0.2, -0.15) is 0 Å². The maximum absolute atomic E-state index is 12.0. The predicted molar refractivity (Wildman–Crippen MR) is 63.9 cm³/mol. The Morgan fingerprint density at radius 3 is 2.50 bits per heavy atom. The lowest BCUT2D eigenvalue weighted by Crippen LogP contribution is -2.64. The number of carbonyl (C=O) groups excluding carboxylic acids is 1. The van der Waals surface area contributed by atoms with Crippen molar-refractivity contribution < 1.29 is 9.90 Å². The largest absolute Gasteiger partial charge is 0.386 e. The van der Waals surface area contributed by atoms with Gasteiger partial charge >= 0.3 is 0 Å². The topological polar surface area (TPSA) is 66.6 Å². The Morgan fingerprint density at radius 2 is 2.06 bits per heavy atom. The number of carbonyl (C=O) groups is 1. The fraction of sp³-hybridized carbons (Fsp3) is 0.917. The molecule has 1 saturated heterocycles. The predicted octanol–water partition coefficient (Wildman–Crippen LogP) is 0.735. The van der Waals surface area contributed by atoms with E-state index in [1.54, 1.807) is 4.90 Å². The molecule has 0 saturated carbocycles. The van der Waals surface area contributed by atoms with E-state index in [9.17, 15) is 9.90 Å². The summed E-state index contributed by atoms with van der Waals surface area (Å²) in [6, 6.07) is 0. The first-order valence-electron chi connectivity index (χ1n) is 6.27. The van der Waals surface area contributed by atoms with Crippen molar-refractivity contribution in [3.05, 3.63) is 0 Å². The van der Waals surface area contributed by atoms with Gasteiger partial charge in [0.05, 0.1) is 24.6 Å². The summed E-state index contributed by atoms with van der Waals surface area (Å²) >= 11 is 0. The Kier molecular flexibility index (Phi) is 4.74. The maximum atomic E-state index is 12.0. The molecule has 0 aromatic heterocycles. The van der Waals surface area contributed by atoms with E-state index < -0.39 is 5.60 Å². The average Bonchev–Trinajstić information content (AvgIpc) is 2.21. The minimum absolute atomic E-state index is 0.0591. The van der Waals surface area contributed by atoms with Crippen LogP contribution in [0.5, 0.6) is 0 Å². The van der Waals surface area contributed by atoms with Gasteiger partial charge in [0.15, 0.2) is 0 Å². The highest BCUT2D eigenvalue weighted by atomic mass is 16.3. The fourth-order valence-corrected chi connectivity index (χ4v) is 2.39. The number of nitrogens with zero attached hydrogens (tertiary/aromatic N) is 1. The van der Waals surface area contributed by atoms with Crippen LogP contribution in [0.4, 0.5) is 0 Å². The number of aliphatic hydroxyl groups is 1. The van der Waals surface area contributed by atoms with Gasteiger partial charge in [-0.15, -0.1) is 0 Å². The quantitative estimate of drug-likeness (QED) is 0.704. The van der Waals surface area contributed by atoms with Gasteiger partial charge in [0.2, 0.25) is 5.91 Å². The van der Waals surface area contributed by atoms with Crippen LogP contribution in [-0.4, -0.2) is 41.1 Å². The molecule has 16 heavy (non-hydrogen) atoms.